The molecule has 9 heteroatoms. The summed E-state index contributed by atoms with van der Waals surface area (Å²) in [6, 6.07) is 15.1. The zero-order valence-corrected chi connectivity index (χ0v) is 21.3. The summed E-state index contributed by atoms with van der Waals surface area (Å²) in [6.07, 6.45) is 0.0940. The SMILES string of the molecule is CCOc1cc2c(cc1OCC)C(c1ccc(Cl)cc1)N(c1cc(Cl)ccc1OCC(=O)O)C(=O)C2. The first-order chi connectivity index (χ1) is 17.3. The summed E-state index contributed by atoms with van der Waals surface area (Å²) in [4.78, 5) is 26.5. The van der Waals surface area contributed by atoms with Gasteiger partial charge in [0.1, 0.15) is 5.75 Å². The van der Waals surface area contributed by atoms with Crippen molar-refractivity contribution in [1.82, 2.24) is 0 Å². The molecule has 1 heterocycles. The van der Waals surface area contributed by atoms with E-state index in [1.807, 2.05) is 38.1 Å². The summed E-state index contributed by atoms with van der Waals surface area (Å²) in [5, 5.41) is 10.1. The van der Waals surface area contributed by atoms with Crippen LogP contribution < -0.4 is 19.1 Å². The first kappa shape index (κ1) is 25.7. The van der Waals surface area contributed by atoms with Crippen LogP contribution in [0.4, 0.5) is 5.69 Å². The number of fused-ring (bicyclic) bond motifs is 1. The zero-order chi connectivity index (χ0) is 25.8. The normalized spacial score (nSPS) is 14.8. The van der Waals surface area contributed by atoms with Gasteiger partial charge in [-0.3, -0.25) is 9.69 Å². The van der Waals surface area contributed by atoms with E-state index < -0.39 is 18.6 Å². The molecule has 0 spiro atoms. The fourth-order valence-electron chi connectivity index (χ4n) is 4.28. The molecular weight excluding hydrogens is 505 g/mol. The maximum atomic E-state index is 13.7. The number of hydrogen-bond acceptors (Lipinski definition) is 5. The Morgan fingerprint density at radius 1 is 0.917 bits per heavy atom. The minimum Gasteiger partial charge on any atom is -0.490 e. The van der Waals surface area contributed by atoms with Crippen molar-refractivity contribution in [3.8, 4) is 17.2 Å². The number of halogens is 2. The number of rotatable bonds is 9. The first-order valence-electron chi connectivity index (χ1n) is 11.5. The predicted octanol–water partition coefficient (Wildman–Crippen LogP) is 5.93. The molecule has 0 aromatic heterocycles. The third-order valence-electron chi connectivity index (χ3n) is 5.69. The maximum Gasteiger partial charge on any atom is 0.341 e. The molecule has 1 N–H and O–H groups in total. The van der Waals surface area contributed by atoms with Crippen molar-refractivity contribution < 1.29 is 28.9 Å². The molecule has 3 aromatic rings. The molecule has 7 nitrogen and oxygen atoms in total. The largest absolute Gasteiger partial charge is 0.490 e. The first-order valence-corrected chi connectivity index (χ1v) is 12.2. The molecule has 0 bridgehead atoms. The third kappa shape index (κ3) is 5.37. The summed E-state index contributed by atoms with van der Waals surface area (Å²) in [5.41, 5.74) is 2.81. The van der Waals surface area contributed by atoms with Gasteiger partial charge in [0.25, 0.3) is 0 Å². The quantitative estimate of drug-likeness (QED) is 0.369. The zero-order valence-electron chi connectivity index (χ0n) is 19.8. The molecule has 36 heavy (non-hydrogen) atoms. The Kier molecular flexibility index (Phi) is 7.91. The molecule has 1 aliphatic heterocycles. The van der Waals surface area contributed by atoms with E-state index >= 15 is 0 Å². The fraction of sp³-hybridized carbons (Fsp3) is 0.259. The number of nitrogens with zero attached hydrogens (tertiary/aromatic N) is 1. The molecule has 0 radical (unpaired) electrons. The average molecular weight is 530 g/mol. The van der Waals surface area contributed by atoms with Crippen molar-refractivity contribution in [2.24, 2.45) is 0 Å². The summed E-state index contributed by atoms with van der Waals surface area (Å²) in [6.45, 7) is 4.10. The van der Waals surface area contributed by atoms with E-state index in [1.165, 1.54) is 0 Å². The van der Waals surface area contributed by atoms with E-state index in [4.69, 9.17) is 42.5 Å². The highest BCUT2D eigenvalue weighted by Crippen LogP contribution is 2.46. The highest BCUT2D eigenvalue weighted by molar-refractivity contribution is 6.31. The molecule has 188 valence electrons. The minimum atomic E-state index is -1.13. The van der Waals surface area contributed by atoms with Gasteiger partial charge in [-0.05, 0) is 73.0 Å². The van der Waals surface area contributed by atoms with Gasteiger partial charge < -0.3 is 19.3 Å². The van der Waals surface area contributed by atoms with Crippen LogP contribution in [0.3, 0.4) is 0 Å². The Balaban J connectivity index is 1.93. The van der Waals surface area contributed by atoms with E-state index in [2.05, 4.69) is 0 Å². The molecule has 0 saturated heterocycles. The van der Waals surface area contributed by atoms with E-state index in [-0.39, 0.29) is 18.1 Å². The topological polar surface area (TPSA) is 85.3 Å². The highest BCUT2D eigenvalue weighted by Gasteiger charge is 2.37. The highest BCUT2D eigenvalue weighted by atomic mass is 35.5. The molecule has 1 unspecified atom stereocenters. The lowest BCUT2D eigenvalue weighted by molar-refractivity contribution is -0.139. The number of carbonyl (C=O) groups excluding carboxylic acids is 1. The van der Waals surface area contributed by atoms with Gasteiger partial charge in [-0.25, -0.2) is 4.79 Å². The van der Waals surface area contributed by atoms with Gasteiger partial charge in [-0.2, -0.15) is 0 Å². The monoisotopic (exact) mass is 529 g/mol. The van der Waals surface area contributed by atoms with Gasteiger partial charge in [0.2, 0.25) is 5.91 Å². The van der Waals surface area contributed by atoms with Crippen LogP contribution >= 0.6 is 23.2 Å². The summed E-state index contributed by atoms with van der Waals surface area (Å²) >= 11 is 12.5. The molecule has 1 atom stereocenters. The van der Waals surface area contributed by atoms with Crippen molar-refractivity contribution >= 4 is 40.8 Å². The molecule has 1 amide bonds. The van der Waals surface area contributed by atoms with Gasteiger partial charge in [0, 0.05) is 10.0 Å². The lowest BCUT2D eigenvalue weighted by Crippen LogP contribution is -2.41. The average Bonchev–Trinajstić information content (AvgIpc) is 2.84. The number of carbonyl (C=O) groups is 2. The van der Waals surface area contributed by atoms with Crippen molar-refractivity contribution in [3.63, 3.8) is 0 Å². The molecule has 1 aliphatic rings. The minimum absolute atomic E-state index is 0.0940. The van der Waals surface area contributed by atoms with Crippen LogP contribution in [0.1, 0.15) is 36.6 Å². The lowest BCUT2D eigenvalue weighted by Gasteiger charge is -2.38. The molecule has 0 fully saturated rings. The Morgan fingerprint density at radius 2 is 1.56 bits per heavy atom. The van der Waals surface area contributed by atoms with Crippen LogP contribution in [0.15, 0.2) is 54.6 Å². The van der Waals surface area contributed by atoms with Gasteiger partial charge >= 0.3 is 5.97 Å². The summed E-state index contributed by atoms with van der Waals surface area (Å²) < 4.78 is 17.2. The number of ether oxygens (including phenoxy) is 3. The van der Waals surface area contributed by atoms with Crippen molar-refractivity contribution in [1.29, 1.82) is 0 Å². The van der Waals surface area contributed by atoms with Crippen LogP contribution in [-0.4, -0.2) is 36.8 Å². The fourth-order valence-corrected chi connectivity index (χ4v) is 4.57. The lowest BCUT2D eigenvalue weighted by atomic mass is 9.86. The van der Waals surface area contributed by atoms with Crippen LogP contribution in [0.2, 0.25) is 10.0 Å². The molecule has 0 aliphatic carbocycles. The molecule has 0 saturated carbocycles. The number of aliphatic carboxylic acids is 1. The van der Waals surface area contributed by atoms with Gasteiger partial charge in [-0.1, -0.05) is 35.3 Å². The van der Waals surface area contributed by atoms with Crippen molar-refractivity contribution in [2.75, 3.05) is 24.7 Å². The summed E-state index contributed by atoms with van der Waals surface area (Å²) in [7, 11) is 0. The maximum absolute atomic E-state index is 13.7. The number of benzene rings is 3. The van der Waals surface area contributed by atoms with E-state index in [0.29, 0.717) is 40.4 Å². The van der Waals surface area contributed by atoms with Crippen LogP contribution in [0, 0.1) is 0 Å². The Labute approximate surface area is 219 Å². The van der Waals surface area contributed by atoms with E-state index in [1.54, 1.807) is 35.2 Å². The van der Waals surface area contributed by atoms with Gasteiger partial charge in [-0.15, -0.1) is 0 Å². The van der Waals surface area contributed by atoms with Gasteiger partial charge in [0.15, 0.2) is 18.1 Å². The van der Waals surface area contributed by atoms with Crippen molar-refractivity contribution in [3.05, 3.63) is 81.3 Å². The van der Waals surface area contributed by atoms with Crippen LogP contribution in [-0.2, 0) is 16.0 Å². The Hall–Kier alpha value is -3.42. The number of anilines is 1. The molecule has 4 rings (SSSR count). The number of carboxylic acids is 1. The van der Waals surface area contributed by atoms with E-state index in [0.717, 1.165) is 16.7 Å². The number of carboxylic acid groups (broad SMARTS) is 1. The molecular formula is C27H25Cl2NO6. The van der Waals surface area contributed by atoms with Crippen LogP contribution in [0.5, 0.6) is 17.2 Å². The second kappa shape index (κ2) is 11.1. The second-order valence-corrected chi connectivity index (χ2v) is 8.93. The predicted molar refractivity (Wildman–Crippen MR) is 138 cm³/mol. The van der Waals surface area contributed by atoms with Crippen LogP contribution in [0.25, 0.3) is 0 Å². The third-order valence-corrected chi connectivity index (χ3v) is 6.17. The Bertz CT molecular complexity index is 1280. The van der Waals surface area contributed by atoms with Crippen molar-refractivity contribution in [2.45, 2.75) is 26.3 Å². The second-order valence-electron chi connectivity index (χ2n) is 8.05. The standard InChI is InChI=1S/C27H25Cl2NO6/c1-3-34-23-11-17-12-25(31)30(21-13-19(29)9-10-22(21)36-15-26(32)33)27(16-5-7-18(28)8-6-16)20(17)14-24(23)35-4-2/h5-11,13-14,27H,3-4,12,15H2,1-2H3,(H,32,33). The number of amides is 1. The smallest absolute Gasteiger partial charge is 0.341 e. The summed E-state index contributed by atoms with van der Waals surface area (Å²) in [5.74, 6) is 0.0255. The van der Waals surface area contributed by atoms with E-state index in [9.17, 15) is 9.59 Å². The molecule has 3 aromatic carbocycles. The Morgan fingerprint density at radius 3 is 2.19 bits per heavy atom. The number of hydrogen-bond donors (Lipinski definition) is 1. The van der Waals surface area contributed by atoms with Gasteiger partial charge in [0.05, 0.1) is 31.4 Å².